The highest BCUT2D eigenvalue weighted by Crippen LogP contribution is 2.39. The molecule has 9 heteroatoms. The summed E-state index contributed by atoms with van der Waals surface area (Å²) in [5.74, 6) is -1.32. The summed E-state index contributed by atoms with van der Waals surface area (Å²) in [5, 5.41) is 21.9. The number of Topliss-reactive ketones (excluding diaryl/α,β-unsaturated/α-hetero) is 1. The number of ketones is 1. The molecule has 0 radical (unpaired) electrons. The first-order valence-electron chi connectivity index (χ1n) is 9.64. The smallest absolute Gasteiger partial charge is 0.295 e. The molecule has 162 valence electrons. The number of nitrogens with zero attached hydrogens (tertiary/aromatic N) is 2. The topological polar surface area (TPSA) is 119 Å². The lowest BCUT2D eigenvalue weighted by atomic mass is 9.95. The van der Waals surface area contributed by atoms with E-state index in [2.05, 4.69) is 0 Å². The van der Waals surface area contributed by atoms with Gasteiger partial charge in [-0.25, -0.2) is 0 Å². The van der Waals surface area contributed by atoms with E-state index in [4.69, 9.17) is 9.47 Å². The van der Waals surface area contributed by atoms with Crippen LogP contribution in [0.5, 0.6) is 5.75 Å². The molecule has 1 amide bonds. The number of nitro groups is 1. The highest BCUT2D eigenvalue weighted by molar-refractivity contribution is 6.46. The van der Waals surface area contributed by atoms with E-state index in [0.717, 1.165) is 0 Å². The molecule has 1 heterocycles. The Balaban J connectivity index is 2.09. The number of amides is 1. The van der Waals surface area contributed by atoms with Crippen molar-refractivity contribution >= 4 is 23.1 Å². The van der Waals surface area contributed by atoms with Crippen LogP contribution < -0.4 is 4.74 Å². The minimum atomic E-state index is -0.900. The molecule has 0 saturated carbocycles. The summed E-state index contributed by atoms with van der Waals surface area (Å²) in [6, 6.07) is 11.1. The Kier molecular flexibility index (Phi) is 6.66. The summed E-state index contributed by atoms with van der Waals surface area (Å²) in [7, 11) is 1.47. The number of aliphatic hydroxyl groups is 1. The Morgan fingerprint density at radius 3 is 2.32 bits per heavy atom. The SMILES string of the molecule is CCOc1ccc(/C(O)=C2\C(=O)C(=O)N(CCOC)C2c2ccc([N+](=O)[O-])cc2)cc1. The van der Waals surface area contributed by atoms with E-state index >= 15 is 0 Å². The van der Waals surface area contributed by atoms with Gasteiger partial charge < -0.3 is 19.5 Å². The lowest BCUT2D eigenvalue weighted by molar-refractivity contribution is -0.384. The van der Waals surface area contributed by atoms with E-state index < -0.39 is 22.7 Å². The molecule has 0 aromatic heterocycles. The lowest BCUT2D eigenvalue weighted by Crippen LogP contribution is -2.32. The summed E-state index contributed by atoms with van der Waals surface area (Å²) >= 11 is 0. The molecule has 2 aromatic carbocycles. The third-order valence-corrected chi connectivity index (χ3v) is 4.93. The van der Waals surface area contributed by atoms with Gasteiger partial charge in [0.2, 0.25) is 0 Å². The summed E-state index contributed by atoms with van der Waals surface area (Å²) in [6.07, 6.45) is 0. The highest BCUT2D eigenvalue weighted by atomic mass is 16.6. The van der Waals surface area contributed by atoms with Crippen molar-refractivity contribution in [2.24, 2.45) is 0 Å². The third-order valence-electron chi connectivity index (χ3n) is 4.93. The highest BCUT2D eigenvalue weighted by Gasteiger charge is 2.45. The Labute approximate surface area is 178 Å². The predicted octanol–water partition coefficient (Wildman–Crippen LogP) is 3.06. The van der Waals surface area contributed by atoms with Crippen LogP contribution in [0.2, 0.25) is 0 Å². The van der Waals surface area contributed by atoms with Gasteiger partial charge in [-0.05, 0) is 48.9 Å². The van der Waals surface area contributed by atoms with Crippen molar-refractivity contribution in [3.8, 4) is 5.75 Å². The Bertz CT molecular complexity index is 1010. The Morgan fingerprint density at radius 2 is 1.77 bits per heavy atom. The lowest BCUT2D eigenvalue weighted by Gasteiger charge is -2.25. The molecule has 31 heavy (non-hydrogen) atoms. The van der Waals surface area contributed by atoms with Gasteiger partial charge in [-0.15, -0.1) is 0 Å². The molecular weight excluding hydrogens is 404 g/mol. The maximum absolute atomic E-state index is 12.8. The summed E-state index contributed by atoms with van der Waals surface area (Å²) in [4.78, 5) is 37.3. The van der Waals surface area contributed by atoms with Crippen LogP contribution in [-0.4, -0.2) is 53.5 Å². The van der Waals surface area contributed by atoms with E-state index in [1.807, 2.05) is 6.92 Å². The number of ether oxygens (including phenoxy) is 2. The summed E-state index contributed by atoms with van der Waals surface area (Å²) < 4.78 is 10.4. The van der Waals surface area contributed by atoms with Crippen LogP contribution in [-0.2, 0) is 14.3 Å². The summed E-state index contributed by atoms with van der Waals surface area (Å²) in [5.41, 5.74) is 0.608. The van der Waals surface area contributed by atoms with Gasteiger partial charge in [0.1, 0.15) is 11.5 Å². The van der Waals surface area contributed by atoms with Gasteiger partial charge in [-0.3, -0.25) is 19.7 Å². The second-order valence-corrected chi connectivity index (χ2v) is 6.79. The molecule has 2 aromatic rings. The maximum Gasteiger partial charge on any atom is 0.295 e. The van der Waals surface area contributed by atoms with Crippen molar-refractivity contribution in [1.29, 1.82) is 0 Å². The molecule has 1 unspecified atom stereocenters. The van der Waals surface area contributed by atoms with Crippen LogP contribution in [0.1, 0.15) is 24.1 Å². The summed E-state index contributed by atoms with van der Waals surface area (Å²) in [6.45, 7) is 2.62. The quantitative estimate of drug-likeness (QED) is 0.226. The molecule has 1 aliphatic rings. The molecule has 3 rings (SSSR count). The van der Waals surface area contributed by atoms with Crippen LogP contribution in [0.15, 0.2) is 54.1 Å². The molecule has 0 spiro atoms. The van der Waals surface area contributed by atoms with E-state index in [9.17, 15) is 24.8 Å². The van der Waals surface area contributed by atoms with Crippen molar-refractivity contribution in [2.75, 3.05) is 26.9 Å². The molecule has 1 fully saturated rings. The zero-order valence-corrected chi connectivity index (χ0v) is 17.1. The second-order valence-electron chi connectivity index (χ2n) is 6.79. The van der Waals surface area contributed by atoms with Gasteiger partial charge in [0.05, 0.1) is 29.8 Å². The van der Waals surface area contributed by atoms with Gasteiger partial charge in [0, 0.05) is 31.4 Å². The maximum atomic E-state index is 12.8. The number of hydrogen-bond acceptors (Lipinski definition) is 7. The second kappa shape index (κ2) is 9.40. The van der Waals surface area contributed by atoms with Crippen molar-refractivity contribution in [3.05, 3.63) is 75.3 Å². The minimum absolute atomic E-state index is 0.0842. The fourth-order valence-corrected chi connectivity index (χ4v) is 3.46. The average Bonchev–Trinajstić information content (AvgIpc) is 3.02. The molecule has 1 saturated heterocycles. The number of carbonyl (C=O) groups is 2. The fraction of sp³-hybridized carbons (Fsp3) is 0.273. The normalized spacial score (nSPS) is 17.7. The minimum Gasteiger partial charge on any atom is -0.507 e. The van der Waals surface area contributed by atoms with Gasteiger partial charge in [0.15, 0.2) is 0 Å². The number of nitro benzene ring substituents is 1. The number of rotatable bonds is 8. The number of hydrogen-bond donors (Lipinski definition) is 1. The molecule has 9 nitrogen and oxygen atoms in total. The molecule has 0 aliphatic carbocycles. The predicted molar refractivity (Wildman–Crippen MR) is 112 cm³/mol. The van der Waals surface area contributed by atoms with E-state index in [1.54, 1.807) is 24.3 Å². The van der Waals surface area contributed by atoms with Gasteiger partial charge >= 0.3 is 0 Å². The number of carbonyl (C=O) groups excluding carboxylic acids is 2. The first-order valence-corrected chi connectivity index (χ1v) is 9.64. The fourth-order valence-electron chi connectivity index (χ4n) is 3.46. The van der Waals surface area contributed by atoms with Crippen LogP contribution in [0.3, 0.4) is 0 Å². The zero-order chi connectivity index (χ0) is 22.5. The Morgan fingerprint density at radius 1 is 1.13 bits per heavy atom. The molecule has 1 aliphatic heterocycles. The molecule has 1 N–H and O–H groups in total. The number of likely N-dealkylation sites (tertiary alicyclic amines) is 1. The van der Waals surface area contributed by atoms with Crippen LogP contribution in [0.25, 0.3) is 5.76 Å². The van der Waals surface area contributed by atoms with Gasteiger partial charge in [-0.2, -0.15) is 0 Å². The van der Waals surface area contributed by atoms with Crippen molar-refractivity contribution in [1.82, 2.24) is 4.90 Å². The van der Waals surface area contributed by atoms with Crippen molar-refractivity contribution in [3.63, 3.8) is 0 Å². The monoisotopic (exact) mass is 426 g/mol. The van der Waals surface area contributed by atoms with Crippen molar-refractivity contribution < 1.29 is 29.1 Å². The zero-order valence-electron chi connectivity index (χ0n) is 17.1. The van der Waals surface area contributed by atoms with Gasteiger partial charge in [-0.1, -0.05) is 0 Å². The number of methoxy groups -OCH3 is 1. The number of non-ortho nitro benzene ring substituents is 1. The molecule has 1 atom stereocenters. The van der Waals surface area contributed by atoms with Gasteiger partial charge in [0.25, 0.3) is 17.4 Å². The standard InChI is InChI=1S/C22H22N2O7/c1-3-31-17-10-6-15(7-11-17)20(25)18-19(14-4-8-16(9-5-14)24(28)29)23(12-13-30-2)22(27)21(18)26/h4-11,19,25H,3,12-13H2,1-2H3/b20-18+. The van der Waals surface area contributed by atoms with Crippen LogP contribution >= 0.6 is 0 Å². The molecule has 0 bridgehead atoms. The molecular formula is C22H22N2O7. The van der Waals surface area contributed by atoms with E-state index in [1.165, 1.54) is 36.3 Å². The Hall–Kier alpha value is -3.72. The van der Waals surface area contributed by atoms with E-state index in [-0.39, 0.29) is 30.2 Å². The third kappa shape index (κ3) is 4.41. The average molecular weight is 426 g/mol. The first-order chi connectivity index (χ1) is 14.9. The first kappa shape index (κ1) is 22.0. The van der Waals surface area contributed by atoms with Crippen LogP contribution in [0, 0.1) is 10.1 Å². The van der Waals surface area contributed by atoms with Crippen LogP contribution in [0.4, 0.5) is 5.69 Å². The number of benzene rings is 2. The van der Waals surface area contributed by atoms with Crippen molar-refractivity contribution in [2.45, 2.75) is 13.0 Å². The van der Waals surface area contributed by atoms with E-state index in [0.29, 0.717) is 23.5 Å². The largest absolute Gasteiger partial charge is 0.507 e. The number of aliphatic hydroxyl groups excluding tert-OH is 1.